The highest BCUT2D eigenvalue weighted by atomic mass is 19.2. The van der Waals surface area contributed by atoms with Crippen LogP contribution in [-0.2, 0) is 6.61 Å². The molecule has 1 aromatic carbocycles. The molecule has 0 radical (unpaired) electrons. The summed E-state index contributed by atoms with van der Waals surface area (Å²) in [6.07, 6.45) is 3.51. The van der Waals surface area contributed by atoms with E-state index in [1.165, 1.54) is 12.1 Å². The molecule has 0 saturated heterocycles. The lowest BCUT2D eigenvalue weighted by atomic mass is 10.1. The summed E-state index contributed by atoms with van der Waals surface area (Å²) < 4.78 is 29.4. The molecule has 32 heavy (non-hydrogen) atoms. The van der Waals surface area contributed by atoms with Crippen LogP contribution in [0.3, 0.4) is 0 Å². The first-order valence-electron chi connectivity index (χ1n) is 10.0. The quantitative estimate of drug-likeness (QED) is 0.469. The number of imidazole rings is 1. The second kappa shape index (κ2) is 8.80. The highest BCUT2D eigenvalue weighted by molar-refractivity contribution is 5.60. The number of nitrogens with one attached hydrogen (secondary N) is 1. The van der Waals surface area contributed by atoms with Gasteiger partial charge in [0.05, 0.1) is 41.7 Å². The third-order valence-electron chi connectivity index (χ3n) is 5.14. The molecule has 0 aliphatic heterocycles. The van der Waals surface area contributed by atoms with Crippen molar-refractivity contribution in [3.05, 3.63) is 83.1 Å². The minimum atomic E-state index is -0.894. The number of hydrogen-bond donors (Lipinski definition) is 2. The van der Waals surface area contributed by atoms with E-state index < -0.39 is 17.7 Å². The molecule has 9 heteroatoms. The van der Waals surface area contributed by atoms with Gasteiger partial charge in [-0.3, -0.25) is 0 Å². The predicted molar refractivity (Wildman–Crippen MR) is 116 cm³/mol. The summed E-state index contributed by atoms with van der Waals surface area (Å²) in [6.45, 7) is 5.20. The van der Waals surface area contributed by atoms with Gasteiger partial charge < -0.3 is 15.0 Å². The fourth-order valence-corrected chi connectivity index (χ4v) is 3.43. The lowest BCUT2D eigenvalue weighted by Crippen LogP contribution is -2.12. The highest BCUT2D eigenvalue weighted by Gasteiger charge is 2.17. The van der Waals surface area contributed by atoms with Gasteiger partial charge in [0.1, 0.15) is 5.69 Å². The summed E-state index contributed by atoms with van der Waals surface area (Å²) in [5.74, 6) is -1.32. The van der Waals surface area contributed by atoms with Crippen LogP contribution in [0.1, 0.15) is 35.5 Å². The van der Waals surface area contributed by atoms with Crippen molar-refractivity contribution >= 4 is 5.82 Å². The van der Waals surface area contributed by atoms with Crippen molar-refractivity contribution in [1.82, 2.24) is 24.7 Å². The fourth-order valence-electron chi connectivity index (χ4n) is 3.43. The van der Waals surface area contributed by atoms with Crippen LogP contribution in [0, 0.1) is 25.5 Å². The lowest BCUT2D eigenvalue weighted by Gasteiger charge is -2.17. The topological polar surface area (TPSA) is 88.8 Å². The number of hydrogen-bond acceptors (Lipinski definition) is 6. The average Bonchev–Trinajstić information content (AvgIpc) is 3.22. The molecule has 2 N–H and O–H groups in total. The SMILES string of the molecule is Cc1cn(-c2ccc(-c3cc(C)c(N[C@@H](C)c4cccc(F)c4F)nn3)nc2CO)cn1. The van der Waals surface area contributed by atoms with Crippen LogP contribution >= 0.6 is 0 Å². The second-order valence-electron chi connectivity index (χ2n) is 7.51. The smallest absolute Gasteiger partial charge is 0.164 e. The molecule has 164 valence electrons. The van der Waals surface area contributed by atoms with Crippen molar-refractivity contribution in [2.75, 3.05) is 5.32 Å². The standard InChI is InChI=1S/C23H22F2N6O/c1-13-9-19(18-7-8-21(20(11-32)28-18)31-10-14(2)26-12-31)29-30-23(13)27-15(3)16-5-4-6-17(24)22(16)25/h4-10,12,15,32H,11H2,1-3H3,(H,27,30)/t15-/m0/s1. The van der Waals surface area contributed by atoms with E-state index in [-0.39, 0.29) is 12.2 Å². The predicted octanol–water partition coefficient (Wildman–Crippen LogP) is 4.28. The van der Waals surface area contributed by atoms with Gasteiger partial charge in [0.2, 0.25) is 0 Å². The maximum Gasteiger partial charge on any atom is 0.164 e. The molecule has 0 saturated carbocycles. The Hall–Kier alpha value is -3.72. The molecule has 4 aromatic rings. The minimum absolute atomic E-state index is 0.204. The Morgan fingerprint density at radius 2 is 1.91 bits per heavy atom. The summed E-state index contributed by atoms with van der Waals surface area (Å²) in [5.41, 5.74) is 4.12. The number of rotatable bonds is 6. The molecule has 3 heterocycles. The van der Waals surface area contributed by atoms with Crippen molar-refractivity contribution in [3.8, 4) is 17.1 Å². The first kappa shape index (κ1) is 21.5. The molecule has 0 amide bonds. The van der Waals surface area contributed by atoms with E-state index in [4.69, 9.17) is 0 Å². The molecule has 4 rings (SSSR count). The molecule has 3 aromatic heterocycles. The Balaban J connectivity index is 1.60. The number of halogens is 2. The lowest BCUT2D eigenvalue weighted by molar-refractivity contribution is 0.276. The largest absolute Gasteiger partial charge is 0.390 e. The summed E-state index contributed by atoms with van der Waals surface area (Å²) in [6, 6.07) is 9.00. The van der Waals surface area contributed by atoms with E-state index in [9.17, 15) is 13.9 Å². The van der Waals surface area contributed by atoms with E-state index in [0.717, 1.165) is 23.0 Å². The van der Waals surface area contributed by atoms with Gasteiger partial charge in [-0.1, -0.05) is 12.1 Å². The number of anilines is 1. The Kier molecular flexibility index (Phi) is 5.91. The van der Waals surface area contributed by atoms with Crippen LogP contribution in [0.25, 0.3) is 17.1 Å². The molecular weight excluding hydrogens is 414 g/mol. The van der Waals surface area contributed by atoms with Crippen molar-refractivity contribution in [3.63, 3.8) is 0 Å². The van der Waals surface area contributed by atoms with Gasteiger partial charge >= 0.3 is 0 Å². The monoisotopic (exact) mass is 436 g/mol. The van der Waals surface area contributed by atoms with Crippen LogP contribution in [0.2, 0.25) is 0 Å². The number of aliphatic hydroxyl groups is 1. The van der Waals surface area contributed by atoms with E-state index in [1.807, 2.05) is 26.1 Å². The Morgan fingerprint density at radius 1 is 1.09 bits per heavy atom. The molecule has 0 bridgehead atoms. The highest BCUT2D eigenvalue weighted by Crippen LogP contribution is 2.26. The second-order valence-corrected chi connectivity index (χ2v) is 7.51. The van der Waals surface area contributed by atoms with Crippen LogP contribution < -0.4 is 5.32 Å². The van der Waals surface area contributed by atoms with Gasteiger partial charge in [0, 0.05) is 11.8 Å². The maximum atomic E-state index is 14.1. The molecule has 0 fully saturated rings. The van der Waals surface area contributed by atoms with E-state index in [1.54, 1.807) is 30.0 Å². The van der Waals surface area contributed by atoms with Gasteiger partial charge in [-0.25, -0.2) is 18.7 Å². The van der Waals surface area contributed by atoms with Crippen LogP contribution in [-0.4, -0.2) is 29.8 Å². The number of aliphatic hydroxyl groups excluding tert-OH is 1. The number of aromatic nitrogens is 5. The van der Waals surface area contributed by atoms with Gasteiger partial charge in [0.25, 0.3) is 0 Å². The minimum Gasteiger partial charge on any atom is -0.390 e. The van der Waals surface area contributed by atoms with Crippen LogP contribution in [0.5, 0.6) is 0 Å². The third kappa shape index (κ3) is 4.19. The van der Waals surface area contributed by atoms with Gasteiger partial charge in [0.15, 0.2) is 17.5 Å². The van der Waals surface area contributed by atoms with E-state index >= 15 is 0 Å². The maximum absolute atomic E-state index is 14.1. The first-order valence-corrected chi connectivity index (χ1v) is 10.0. The Labute approximate surface area is 183 Å². The number of nitrogens with zero attached hydrogens (tertiary/aromatic N) is 5. The molecule has 0 aliphatic rings. The number of benzene rings is 1. The normalized spacial score (nSPS) is 12.1. The van der Waals surface area contributed by atoms with Gasteiger partial charge in [-0.2, -0.15) is 0 Å². The zero-order valence-corrected chi connectivity index (χ0v) is 17.8. The molecule has 1 atom stereocenters. The van der Waals surface area contributed by atoms with E-state index in [0.29, 0.717) is 22.9 Å². The van der Waals surface area contributed by atoms with Crippen molar-refractivity contribution in [2.24, 2.45) is 0 Å². The van der Waals surface area contributed by atoms with Gasteiger partial charge in [-0.05, 0) is 50.6 Å². The molecule has 7 nitrogen and oxygen atoms in total. The molecular formula is C23H22F2N6O. The third-order valence-corrected chi connectivity index (χ3v) is 5.14. The van der Waals surface area contributed by atoms with Crippen molar-refractivity contribution in [1.29, 1.82) is 0 Å². The summed E-state index contributed by atoms with van der Waals surface area (Å²) in [5, 5.41) is 21.3. The molecule has 0 unspecified atom stereocenters. The molecule has 0 aliphatic carbocycles. The summed E-state index contributed by atoms with van der Waals surface area (Å²) in [7, 11) is 0. The van der Waals surface area contributed by atoms with Gasteiger partial charge in [-0.15, -0.1) is 10.2 Å². The molecule has 0 spiro atoms. The van der Waals surface area contributed by atoms with Crippen LogP contribution in [0.15, 0.2) is 48.9 Å². The Bertz CT molecular complexity index is 1270. The van der Waals surface area contributed by atoms with Crippen molar-refractivity contribution in [2.45, 2.75) is 33.4 Å². The average molecular weight is 436 g/mol. The zero-order chi connectivity index (χ0) is 22.8. The van der Waals surface area contributed by atoms with Crippen molar-refractivity contribution < 1.29 is 13.9 Å². The number of pyridine rings is 1. The first-order chi connectivity index (χ1) is 15.4. The van der Waals surface area contributed by atoms with Crippen LogP contribution in [0.4, 0.5) is 14.6 Å². The summed E-state index contributed by atoms with van der Waals surface area (Å²) >= 11 is 0. The summed E-state index contributed by atoms with van der Waals surface area (Å²) in [4.78, 5) is 8.74. The Morgan fingerprint density at radius 3 is 2.59 bits per heavy atom. The zero-order valence-electron chi connectivity index (χ0n) is 17.8. The van der Waals surface area contributed by atoms with E-state index in [2.05, 4.69) is 25.5 Å². The number of aryl methyl sites for hydroxylation is 2. The fraction of sp³-hybridized carbons (Fsp3) is 0.217.